The van der Waals surface area contributed by atoms with E-state index in [0.29, 0.717) is 11.8 Å². The summed E-state index contributed by atoms with van der Waals surface area (Å²) in [7, 11) is 1.82. The van der Waals surface area contributed by atoms with Crippen molar-refractivity contribution in [2.75, 3.05) is 19.0 Å². The molecular formula is C15H19N3O. The molecular weight excluding hydrogens is 238 g/mol. The van der Waals surface area contributed by atoms with Crippen LogP contribution in [0.4, 0.5) is 5.95 Å². The number of rotatable bonds is 5. The van der Waals surface area contributed by atoms with E-state index >= 15 is 0 Å². The van der Waals surface area contributed by atoms with E-state index in [1.54, 1.807) is 0 Å². The van der Waals surface area contributed by atoms with Crippen LogP contribution < -0.4 is 10.1 Å². The van der Waals surface area contributed by atoms with Crippen LogP contribution in [-0.2, 0) is 0 Å². The Labute approximate surface area is 113 Å². The number of nitrogens with one attached hydrogen (secondary N) is 1. The smallest absolute Gasteiger partial charge is 0.226 e. The van der Waals surface area contributed by atoms with Gasteiger partial charge in [-0.05, 0) is 24.5 Å². The van der Waals surface area contributed by atoms with Crippen molar-refractivity contribution < 1.29 is 4.74 Å². The summed E-state index contributed by atoms with van der Waals surface area (Å²) in [5.74, 6) is 2.16. The minimum absolute atomic E-state index is 0.609. The highest BCUT2D eigenvalue weighted by Crippen LogP contribution is 2.30. The highest BCUT2D eigenvalue weighted by Gasteiger charge is 2.17. The summed E-state index contributed by atoms with van der Waals surface area (Å²) < 4.78 is 5.88. The third kappa shape index (κ3) is 2.62. The van der Waals surface area contributed by atoms with Crippen LogP contribution in [0.15, 0.2) is 24.3 Å². The summed E-state index contributed by atoms with van der Waals surface area (Å²) in [6.07, 6.45) is 5.23. The molecule has 2 aromatic rings. The van der Waals surface area contributed by atoms with Crippen molar-refractivity contribution in [1.82, 2.24) is 9.97 Å². The lowest BCUT2D eigenvalue weighted by Crippen LogP contribution is -2.15. The molecule has 0 radical (unpaired) electrons. The van der Waals surface area contributed by atoms with Gasteiger partial charge >= 0.3 is 0 Å². The lowest BCUT2D eigenvalue weighted by Gasteiger charge is -2.24. The first-order valence-electron chi connectivity index (χ1n) is 6.94. The SMILES string of the molecule is CNc1nc(OCCC2CCC2)c2ccccc2n1. The number of ether oxygens (including phenoxy) is 1. The van der Waals surface area contributed by atoms with E-state index in [1.165, 1.54) is 19.3 Å². The molecule has 1 heterocycles. The number of hydrogen-bond donors (Lipinski definition) is 1. The number of hydrogen-bond acceptors (Lipinski definition) is 4. The summed E-state index contributed by atoms with van der Waals surface area (Å²) in [6, 6.07) is 7.96. The van der Waals surface area contributed by atoms with E-state index in [2.05, 4.69) is 15.3 Å². The second-order valence-electron chi connectivity index (χ2n) is 5.05. The third-order valence-corrected chi connectivity index (χ3v) is 3.78. The standard InChI is InChI=1S/C15H19N3O/c1-16-15-17-13-8-3-2-7-12(13)14(18-15)19-10-9-11-5-4-6-11/h2-3,7-8,11H,4-6,9-10H2,1H3,(H,16,17,18). The molecule has 4 nitrogen and oxygen atoms in total. The number of fused-ring (bicyclic) bond motifs is 1. The molecule has 1 saturated carbocycles. The summed E-state index contributed by atoms with van der Waals surface area (Å²) in [5, 5.41) is 3.96. The number of benzene rings is 1. The van der Waals surface area contributed by atoms with Crippen LogP contribution in [0, 0.1) is 5.92 Å². The van der Waals surface area contributed by atoms with Crippen LogP contribution in [0.1, 0.15) is 25.7 Å². The molecule has 0 spiro atoms. The van der Waals surface area contributed by atoms with Gasteiger partial charge in [-0.15, -0.1) is 0 Å². The average Bonchev–Trinajstić information content (AvgIpc) is 2.41. The largest absolute Gasteiger partial charge is 0.477 e. The molecule has 1 fully saturated rings. The molecule has 0 unspecified atom stereocenters. The van der Waals surface area contributed by atoms with Crippen molar-refractivity contribution in [3.05, 3.63) is 24.3 Å². The Morgan fingerprint density at radius 1 is 1.26 bits per heavy atom. The first kappa shape index (κ1) is 12.2. The minimum Gasteiger partial charge on any atom is -0.477 e. The van der Waals surface area contributed by atoms with Crippen LogP contribution in [0.25, 0.3) is 10.9 Å². The third-order valence-electron chi connectivity index (χ3n) is 3.78. The quantitative estimate of drug-likeness (QED) is 0.893. The van der Waals surface area contributed by atoms with Crippen molar-refractivity contribution in [2.45, 2.75) is 25.7 Å². The van der Waals surface area contributed by atoms with Gasteiger partial charge in [0.15, 0.2) is 0 Å². The van der Waals surface area contributed by atoms with Gasteiger partial charge in [0.25, 0.3) is 0 Å². The predicted octanol–water partition coefficient (Wildman–Crippen LogP) is 3.24. The van der Waals surface area contributed by atoms with Gasteiger partial charge in [-0.25, -0.2) is 4.98 Å². The van der Waals surface area contributed by atoms with Crippen molar-refractivity contribution in [2.24, 2.45) is 5.92 Å². The molecule has 100 valence electrons. The van der Waals surface area contributed by atoms with E-state index in [4.69, 9.17) is 4.74 Å². The van der Waals surface area contributed by atoms with E-state index in [1.807, 2.05) is 31.3 Å². The summed E-state index contributed by atoms with van der Waals surface area (Å²) in [4.78, 5) is 8.84. The number of anilines is 1. The van der Waals surface area contributed by atoms with Crippen LogP contribution in [0.5, 0.6) is 5.88 Å². The zero-order valence-electron chi connectivity index (χ0n) is 11.2. The Hall–Kier alpha value is -1.84. The van der Waals surface area contributed by atoms with Gasteiger partial charge in [-0.3, -0.25) is 0 Å². The van der Waals surface area contributed by atoms with E-state index in [9.17, 15) is 0 Å². The van der Waals surface area contributed by atoms with E-state index in [0.717, 1.165) is 29.8 Å². The fraction of sp³-hybridized carbons (Fsp3) is 0.467. The molecule has 0 atom stereocenters. The molecule has 0 amide bonds. The van der Waals surface area contributed by atoms with Crippen molar-refractivity contribution >= 4 is 16.9 Å². The zero-order chi connectivity index (χ0) is 13.1. The molecule has 1 aliphatic rings. The molecule has 0 saturated heterocycles. The Balaban J connectivity index is 1.79. The van der Waals surface area contributed by atoms with Crippen molar-refractivity contribution in [3.8, 4) is 5.88 Å². The highest BCUT2D eigenvalue weighted by atomic mass is 16.5. The molecule has 3 rings (SSSR count). The Morgan fingerprint density at radius 2 is 2.11 bits per heavy atom. The van der Waals surface area contributed by atoms with E-state index in [-0.39, 0.29) is 0 Å². The van der Waals surface area contributed by atoms with Gasteiger partial charge in [0.2, 0.25) is 11.8 Å². The molecule has 1 aromatic heterocycles. The highest BCUT2D eigenvalue weighted by molar-refractivity contribution is 5.84. The van der Waals surface area contributed by atoms with E-state index < -0.39 is 0 Å². The topological polar surface area (TPSA) is 47.0 Å². The number of nitrogens with zero attached hydrogens (tertiary/aromatic N) is 2. The Kier molecular flexibility index (Phi) is 3.49. The second-order valence-corrected chi connectivity index (χ2v) is 5.05. The van der Waals surface area contributed by atoms with Crippen molar-refractivity contribution in [1.29, 1.82) is 0 Å². The van der Waals surface area contributed by atoms with Gasteiger partial charge < -0.3 is 10.1 Å². The monoisotopic (exact) mass is 257 g/mol. The van der Waals surface area contributed by atoms with Gasteiger partial charge in [0, 0.05) is 7.05 Å². The van der Waals surface area contributed by atoms with Gasteiger partial charge in [-0.2, -0.15) is 4.98 Å². The summed E-state index contributed by atoms with van der Waals surface area (Å²) in [6.45, 7) is 0.745. The zero-order valence-corrected chi connectivity index (χ0v) is 11.2. The minimum atomic E-state index is 0.609. The number of para-hydroxylation sites is 1. The normalized spacial score (nSPS) is 15.2. The van der Waals surface area contributed by atoms with Crippen LogP contribution >= 0.6 is 0 Å². The van der Waals surface area contributed by atoms with Crippen molar-refractivity contribution in [3.63, 3.8) is 0 Å². The number of aromatic nitrogens is 2. The lowest BCUT2D eigenvalue weighted by atomic mass is 9.83. The molecule has 1 N–H and O–H groups in total. The predicted molar refractivity (Wildman–Crippen MR) is 76.5 cm³/mol. The van der Waals surface area contributed by atoms with Gasteiger partial charge in [-0.1, -0.05) is 31.4 Å². The molecule has 19 heavy (non-hydrogen) atoms. The maximum absolute atomic E-state index is 5.88. The second kappa shape index (κ2) is 5.43. The molecule has 1 aliphatic carbocycles. The van der Waals surface area contributed by atoms with Crippen LogP contribution in [0.2, 0.25) is 0 Å². The molecule has 0 bridgehead atoms. The molecule has 4 heteroatoms. The lowest BCUT2D eigenvalue weighted by molar-refractivity contribution is 0.219. The first-order valence-corrected chi connectivity index (χ1v) is 6.94. The fourth-order valence-corrected chi connectivity index (χ4v) is 2.37. The maximum atomic E-state index is 5.88. The summed E-state index contributed by atoms with van der Waals surface area (Å²) >= 11 is 0. The van der Waals surface area contributed by atoms with Gasteiger partial charge in [0.1, 0.15) is 0 Å². The molecule has 0 aliphatic heterocycles. The molecule has 1 aromatic carbocycles. The Bertz CT molecular complexity index is 566. The average molecular weight is 257 g/mol. The first-order chi connectivity index (χ1) is 9.36. The van der Waals surface area contributed by atoms with Crippen LogP contribution in [0.3, 0.4) is 0 Å². The van der Waals surface area contributed by atoms with Gasteiger partial charge in [0.05, 0.1) is 17.5 Å². The Morgan fingerprint density at radius 3 is 2.84 bits per heavy atom. The maximum Gasteiger partial charge on any atom is 0.226 e. The van der Waals surface area contributed by atoms with Crippen LogP contribution in [-0.4, -0.2) is 23.6 Å². The fourth-order valence-electron chi connectivity index (χ4n) is 2.37. The summed E-state index contributed by atoms with van der Waals surface area (Å²) in [5.41, 5.74) is 0.917.